The molecule has 1 fully saturated rings. The number of carbonyl (C=O) groups is 1. The third-order valence-corrected chi connectivity index (χ3v) is 6.18. The highest BCUT2D eigenvalue weighted by Gasteiger charge is 2.49. The van der Waals surface area contributed by atoms with Gasteiger partial charge in [0.25, 0.3) is 0 Å². The summed E-state index contributed by atoms with van der Waals surface area (Å²) in [5.74, 6) is -3.72. The maximum atomic E-state index is 13.1. The molecule has 0 bridgehead atoms. The van der Waals surface area contributed by atoms with Crippen molar-refractivity contribution in [1.82, 2.24) is 19.7 Å². The first kappa shape index (κ1) is 17.2. The van der Waals surface area contributed by atoms with Crippen LogP contribution in [0.15, 0.2) is 30.6 Å². The molecule has 0 aromatic carbocycles. The first-order chi connectivity index (χ1) is 13.3. The average Bonchev–Trinajstić information content (AvgIpc) is 3.17. The number of halogens is 2. The summed E-state index contributed by atoms with van der Waals surface area (Å²) in [6.45, 7) is 0. The molecular weight excluding hydrogens is 384 g/mol. The molecule has 0 radical (unpaired) electrons. The van der Waals surface area contributed by atoms with Gasteiger partial charge in [0.05, 0.1) is 16.3 Å². The molecule has 142 valence electrons. The second-order valence-corrected chi connectivity index (χ2v) is 8.16. The summed E-state index contributed by atoms with van der Waals surface area (Å²) in [5, 5.41) is 5.82. The molecule has 9 heteroatoms. The van der Waals surface area contributed by atoms with Crippen molar-refractivity contribution in [3.63, 3.8) is 0 Å². The molecule has 2 N–H and O–H groups in total. The number of aromatic nitrogens is 4. The molecule has 4 heterocycles. The van der Waals surface area contributed by atoms with Crippen molar-refractivity contribution in [2.75, 3.05) is 5.73 Å². The summed E-state index contributed by atoms with van der Waals surface area (Å²) in [4.78, 5) is 22.5. The number of carbonyl (C=O) groups excluding carboxylic acids is 1. The molecule has 0 aliphatic heterocycles. The molecule has 6 nitrogen and oxygen atoms in total. The Hall–Kier alpha value is -2.94. The van der Waals surface area contributed by atoms with E-state index in [1.165, 1.54) is 0 Å². The van der Waals surface area contributed by atoms with E-state index in [0.717, 1.165) is 22.3 Å². The third-order valence-electron chi connectivity index (χ3n) is 5.05. The molecule has 1 aliphatic carbocycles. The summed E-state index contributed by atoms with van der Waals surface area (Å²) in [5.41, 5.74) is 8.61. The van der Waals surface area contributed by atoms with Crippen LogP contribution >= 0.6 is 11.3 Å². The topological polar surface area (TPSA) is 86.7 Å². The van der Waals surface area contributed by atoms with E-state index in [4.69, 9.17) is 5.73 Å². The number of fused-ring (bicyclic) bond motifs is 2. The van der Waals surface area contributed by atoms with Crippen molar-refractivity contribution in [3.05, 3.63) is 35.5 Å². The Morgan fingerprint density at radius 3 is 2.89 bits per heavy atom. The molecule has 1 saturated carbocycles. The van der Waals surface area contributed by atoms with Gasteiger partial charge in [-0.25, -0.2) is 18.7 Å². The number of alkyl halides is 2. The first-order valence-corrected chi connectivity index (χ1v) is 9.53. The van der Waals surface area contributed by atoms with Crippen molar-refractivity contribution in [1.29, 1.82) is 0 Å². The van der Waals surface area contributed by atoms with Crippen LogP contribution in [-0.2, 0) is 7.05 Å². The fraction of sp³-hybridized carbons (Fsp3) is 0.263. The standard InChI is InChI=1S/C19H15F2N5OS/c1-26-8-10-4-9(7-23-17(10)25-26)13-3-2-12-14(22)16(28-18(12)24-13)15(27)11-5-19(20,21)6-11/h2-4,7-8,11H,5-6,22H2,1H3. The van der Waals surface area contributed by atoms with Gasteiger partial charge < -0.3 is 5.73 Å². The van der Waals surface area contributed by atoms with Gasteiger partial charge in [-0.1, -0.05) is 0 Å². The highest BCUT2D eigenvalue weighted by atomic mass is 32.1. The van der Waals surface area contributed by atoms with Gasteiger partial charge in [0.1, 0.15) is 4.83 Å². The molecule has 0 spiro atoms. The molecule has 4 aromatic heterocycles. The minimum absolute atomic E-state index is 0.313. The van der Waals surface area contributed by atoms with E-state index < -0.39 is 24.7 Å². The normalized spacial score (nSPS) is 16.5. The number of thiophene rings is 1. The van der Waals surface area contributed by atoms with Crippen LogP contribution in [0.4, 0.5) is 14.5 Å². The van der Waals surface area contributed by atoms with Crippen LogP contribution in [0.5, 0.6) is 0 Å². The van der Waals surface area contributed by atoms with E-state index in [1.54, 1.807) is 10.9 Å². The Kier molecular flexibility index (Phi) is 3.54. The second-order valence-electron chi connectivity index (χ2n) is 7.16. The molecule has 5 rings (SSSR count). The number of nitrogens with two attached hydrogens (primary N) is 1. The number of hydrogen-bond donors (Lipinski definition) is 1. The molecule has 4 aromatic rings. The largest absolute Gasteiger partial charge is 0.397 e. The van der Waals surface area contributed by atoms with Gasteiger partial charge in [0.2, 0.25) is 5.92 Å². The van der Waals surface area contributed by atoms with Crippen LogP contribution in [0, 0.1) is 5.92 Å². The molecule has 0 amide bonds. The first-order valence-electron chi connectivity index (χ1n) is 8.71. The lowest BCUT2D eigenvalue weighted by atomic mass is 9.78. The van der Waals surface area contributed by atoms with Crippen molar-refractivity contribution < 1.29 is 13.6 Å². The number of aryl methyl sites for hydroxylation is 1. The van der Waals surface area contributed by atoms with Crippen LogP contribution in [-0.4, -0.2) is 31.5 Å². The number of ketones is 1. The molecule has 0 unspecified atom stereocenters. The fourth-order valence-electron chi connectivity index (χ4n) is 3.55. The Bertz CT molecular complexity index is 1250. The Morgan fingerprint density at radius 1 is 1.36 bits per heavy atom. The summed E-state index contributed by atoms with van der Waals surface area (Å²) in [7, 11) is 1.83. The van der Waals surface area contributed by atoms with E-state index in [2.05, 4.69) is 15.1 Å². The fourth-order valence-corrected chi connectivity index (χ4v) is 4.66. The summed E-state index contributed by atoms with van der Waals surface area (Å²) < 4.78 is 27.9. The number of pyridine rings is 2. The highest BCUT2D eigenvalue weighted by Crippen LogP contribution is 2.46. The number of anilines is 1. The zero-order valence-corrected chi connectivity index (χ0v) is 15.6. The number of nitrogen functional groups attached to an aromatic ring is 1. The van der Waals surface area contributed by atoms with E-state index in [1.807, 2.05) is 31.4 Å². The third kappa shape index (κ3) is 2.65. The predicted octanol–water partition coefficient (Wildman–Crippen LogP) is 4.06. The van der Waals surface area contributed by atoms with Crippen LogP contribution in [0.1, 0.15) is 22.5 Å². The van der Waals surface area contributed by atoms with Gasteiger partial charge in [-0.05, 0) is 18.2 Å². The monoisotopic (exact) mass is 399 g/mol. The van der Waals surface area contributed by atoms with E-state index in [9.17, 15) is 13.6 Å². The lowest BCUT2D eigenvalue weighted by Crippen LogP contribution is -2.39. The highest BCUT2D eigenvalue weighted by molar-refractivity contribution is 7.21. The molecule has 0 saturated heterocycles. The van der Waals surface area contributed by atoms with Gasteiger partial charge >= 0.3 is 0 Å². The summed E-state index contributed by atoms with van der Waals surface area (Å²) in [6, 6.07) is 5.57. The number of nitrogens with zero attached hydrogens (tertiary/aromatic N) is 4. The number of Topliss-reactive ketones (excluding diaryl/α,β-unsaturated/α-hetero) is 1. The number of rotatable bonds is 3. The maximum Gasteiger partial charge on any atom is 0.249 e. The Labute approximate surface area is 162 Å². The van der Waals surface area contributed by atoms with Gasteiger partial charge in [0.15, 0.2) is 11.4 Å². The Morgan fingerprint density at radius 2 is 2.14 bits per heavy atom. The minimum atomic E-state index is -2.74. The molecule has 0 atom stereocenters. The van der Waals surface area contributed by atoms with Crippen molar-refractivity contribution in [2.45, 2.75) is 18.8 Å². The number of hydrogen-bond acceptors (Lipinski definition) is 6. The average molecular weight is 399 g/mol. The minimum Gasteiger partial charge on any atom is -0.397 e. The zero-order chi connectivity index (χ0) is 19.6. The van der Waals surface area contributed by atoms with Crippen molar-refractivity contribution >= 4 is 44.1 Å². The van der Waals surface area contributed by atoms with E-state index >= 15 is 0 Å². The van der Waals surface area contributed by atoms with Crippen LogP contribution in [0.25, 0.3) is 32.5 Å². The molecular formula is C19H15F2N5OS. The maximum absolute atomic E-state index is 13.1. The lowest BCUT2D eigenvalue weighted by molar-refractivity contribution is -0.0981. The van der Waals surface area contributed by atoms with Gasteiger partial charge in [-0.2, -0.15) is 5.10 Å². The van der Waals surface area contributed by atoms with Crippen LogP contribution in [0.3, 0.4) is 0 Å². The molecule has 1 aliphatic rings. The summed E-state index contributed by atoms with van der Waals surface area (Å²) >= 11 is 1.16. The van der Waals surface area contributed by atoms with E-state index in [-0.39, 0.29) is 5.78 Å². The predicted molar refractivity (Wildman–Crippen MR) is 104 cm³/mol. The quantitative estimate of drug-likeness (QED) is 0.525. The summed E-state index contributed by atoms with van der Waals surface area (Å²) in [6.07, 6.45) is 2.76. The van der Waals surface area contributed by atoms with Crippen LogP contribution in [0.2, 0.25) is 0 Å². The second kappa shape index (κ2) is 5.78. The van der Waals surface area contributed by atoms with Crippen molar-refractivity contribution in [2.24, 2.45) is 13.0 Å². The zero-order valence-electron chi connectivity index (χ0n) is 14.8. The van der Waals surface area contributed by atoms with Gasteiger partial charge in [0, 0.05) is 54.5 Å². The van der Waals surface area contributed by atoms with E-state index in [0.29, 0.717) is 32.1 Å². The van der Waals surface area contributed by atoms with Gasteiger partial charge in [-0.15, -0.1) is 11.3 Å². The van der Waals surface area contributed by atoms with Crippen LogP contribution < -0.4 is 5.73 Å². The van der Waals surface area contributed by atoms with Gasteiger partial charge in [-0.3, -0.25) is 9.48 Å². The lowest BCUT2D eigenvalue weighted by Gasteiger charge is -2.33. The Balaban J connectivity index is 1.53. The SMILES string of the molecule is Cn1cc2cc(-c3ccc4c(N)c(C(=O)C5CC(F)(F)C5)sc4n3)cnc2n1. The van der Waals surface area contributed by atoms with Crippen molar-refractivity contribution in [3.8, 4) is 11.3 Å². The molecule has 28 heavy (non-hydrogen) atoms. The smallest absolute Gasteiger partial charge is 0.249 e.